The fraction of sp³-hybridized carbons (Fsp3) is 0.364. The second-order valence-electron chi connectivity index (χ2n) is 3.64. The molecule has 0 saturated heterocycles. The summed E-state index contributed by atoms with van der Waals surface area (Å²) in [5.41, 5.74) is 1.18. The van der Waals surface area contributed by atoms with Crippen molar-refractivity contribution < 1.29 is 4.42 Å². The normalized spacial score (nSPS) is 12.9. The van der Waals surface area contributed by atoms with Crippen LogP contribution in [0.2, 0.25) is 0 Å². The van der Waals surface area contributed by atoms with E-state index in [-0.39, 0.29) is 6.04 Å². The monoisotopic (exact) mass is 205 g/mol. The van der Waals surface area contributed by atoms with E-state index < -0.39 is 0 Å². The van der Waals surface area contributed by atoms with Crippen LogP contribution in [0.4, 0.5) is 0 Å². The molecule has 80 valence electrons. The smallest absolute Gasteiger partial charge is 0.120 e. The summed E-state index contributed by atoms with van der Waals surface area (Å²) in [4.78, 5) is 0. The highest BCUT2D eigenvalue weighted by Gasteiger charge is 2.07. The number of furan rings is 1. The Balaban J connectivity index is 1.88. The molecule has 0 bridgehead atoms. The average Bonchev–Trinajstić information content (AvgIpc) is 2.84. The zero-order chi connectivity index (χ0) is 10.7. The van der Waals surface area contributed by atoms with Crippen molar-refractivity contribution >= 4 is 0 Å². The van der Waals surface area contributed by atoms with E-state index in [1.54, 1.807) is 10.9 Å². The van der Waals surface area contributed by atoms with E-state index in [0.29, 0.717) is 0 Å². The van der Waals surface area contributed by atoms with Gasteiger partial charge in [-0.1, -0.05) is 0 Å². The van der Waals surface area contributed by atoms with Crippen molar-refractivity contribution in [1.82, 2.24) is 15.1 Å². The molecule has 0 amide bonds. The second kappa shape index (κ2) is 4.31. The predicted molar refractivity (Wildman–Crippen MR) is 57.2 cm³/mol. The molecule has 0 aliphatic heterocycles. The van der Waals surface area contributed by atoms with Gasteiger partial charge in [-0.3, -0.25) is 4.68 Å². The number of hydrogen-bond acceptors (Lipinski definition) is 3. The first-order valence-electron chi connectivity index (χ1n) is 5.00. The Labute approximate surface area is 88.9 Å². The SMILES string of the molecule is C[C@@H](NCc1cnn(C)c1)c1ccco1. The van der Waals surface area contributed by atoms with E-state index >= 15 is 0 Å². The Hall–Kier alpha value is -1.55. The first kappa shape index (κ1) is 9.98. The molecule has 15 heavy (non-hydrogen) atoms. The third-order valence-corrected chi connectivity index (χ3v) is 2.34. The zero-order valence-electron chi connectivity index (χ0n) is 8.97. The molecule has 0 radical (unpaired) electrons. The molecule has 2 heterocycles. The van der Waals surface area contributed by atoms with Crippen LogP contribution >= 0.6 is 0 Å². The number of hydrogen-bond donors (Lipinski definition) is 1. The van der Waals surface area contributed by atoms with Gasteiger partial charge in [0, 0.05) is 25.4 Å². The van der Waals surface area contributed by atoms with Crippen LogP contribution in [0.1, 0.15) is 24.3 Å². The van der Waals surface area contributed by atoms with Crippen molar-refractivity contribution in [2.45, 2.75) is 19.5 Å². The Bertz CT molecular complexity index is 405. The number of aromatic nitrogens is 2. The van der Waals surface area contributed by atoms with Crippen molar-refractivity contribution in [3.8, 4) is 0 Å². The Morgan fingerprint density at radius 1 is 1.60 bits per heavy atom. The van der Waals surface area contributed by atoms with Crippen LogP contribution in [-0.4, -0.2) is 9.78 Å². The van der Waals surface area contributed by atoms with Gasteiger partial charge in [-0.25, -0.2) is 0 Å². The molecular weight excluding hydrogens is 190 g/mol. The maximum absolute atomic E-state index is 5.31. The Kier molecular flexibility index (Phi) is 2.87. The summed E-state index contributed by atoms with van der Waals surface area (Å²) in [7, 11) is 1.92. The molecule has 0 unspecified atom stereocenters. The van der Waals surface area contributed by atoms with Crippen LogP contribution in [0.3, 0.4) is 0 Å². The van der Waals surface area contributed by atoms with Gasteiger partial charge in [0.25, 0.3) is 0 Å². The van der Waals surface area contributed by atoms with E-state index in [1.165, 1.54) is 5.56 Å². The second-order valence-corrected chi connectivity index (χ2v) is 3.64. The van der Waals surface area contributed by atoms with Gasteiger partial charge in [0.05, 0.1) is 18.5 Å². The van der Waals surface area contributed by atoms with Gasteiger partial charge in [0.15, 0.2) is 0 Å². The minimum atomic E-state index is 0.222. The van der Waals surface area contributed by atoms with Gasteiger partial charge >= 0.3 is 0 Å². The highest BCUT2D eigenvalue weighted by atomic mass is 16.3. The molecule has 0 aliphatic carbocycles. The molecular formula is C11H15N3O. The van der Waals surface area contributed by atoms with Crippen molar-refractivity contribution in [1.29, 1.82) is 0 Å². The lowest BCUT2D eigenvalue weighted by Gasteiger charge is -2.09. The van der Waals surface area contributed by atoms with Gasteiger partial charge in [-0.15, -0.1) is 0 Å². The highest BCUT2D eigenvalue weighted by molar-refractivity contribution is 5.06. The van der Waals surface area contributed by atoms with Gasteiger partial charge in [-0.2, -0.15) is 5.10 Å². The van der Waals surface area contributed by atoms with Crippen molar-refractivity contribution in [2.24, 2.45) is 7.05 Å². The van der Waals surface area contributed by atoms with Crippen molar-refractivity contribution in [2.75, 3.05) is 0 Å². The number of nitrogens with one attached hydrogen (secondary N) is 1. The summed E-state index contributed by atoms with van der Waals surface area (Å²) in [6.45, 7) is 2.88. The quantitative estimate of drug-likeness (QED) is 0.828. The van der Waals surface area contributed by atoms with E-state index in [2.05, 4.69) is 17.3 Å². The van der Waals surface area contributed by atoms with Crippen LogP contribution in [0.25, 0.3) is 0 Å². The van der Waals surface area contributed by atoms with E-state index in [1.807, 2.05) is 31.6 Å². The van der Waals surface area contributed by atoms with Crippen LogP contribution < -0.4 is 5.32 Å². The lowest BCUT2D eigenvalue weighted by Crippen LogP contribution is -2.17. The topological polar surface area (TPSA) is 43.0 Å². The molecule has 2 aromatic heterocycles. The van der Waals surface area contributed by atoms with Gasteiger partial charge in [-0.05, 0) is 19.1 Å². The highest BCUT2D eigenvalue weighted by Crippen LogP contribution is 2.12. The standard InChI is InChI=1S/C11H15N3O/c1-9(11-4-3-5-15-11)12-6-10-7-13-14(2)8-10/h3-5,7-9,12H,6H2,1-2H3/t9-/m1/s1. The summed E-state index contributed by atoms with van der Waals surface area (Å²) in [6.07, 6.45) is 5.56. The molecule has 4 nitrogen and oxygen atoms in total. The molecule has 0 aromatic carbocycles. The average molecular weight is 205 g/mol. The molecule has 1 atom stereocenters. The Morgan fingerprint density at radius 2 is 2.47 bits per heavy atom. The van der Waals surface area contributed by atoms with E-state index in [0.717, 1.165) is 12.3 Å². The zero-order valence-corrected chi connectivity index (χ0v) is 8.97. The molecule has 0 fully saturated rings. The minimum absolute atomic E-state index is 0.222. The van der Waals surface area contributed by atoms with Crippen LogP contribution in [0.5, 0.6) is 0 Å². The fourth-order valence-corrected chi connectivity index (χ4v) is 1.47. The third kappa shape index (κ3) is 2.47. The van der Waals surface area contributed by atoms with Gasteiger partial charge in [0.2, 0.25) is 0 Å². The molecule has 0 aliphatic rings. The first-order valence-corrected chi connectivity index (χ1v) is 5.00. The minimum Gasteiger partial charge on any atom is -0.468 e. The molecule has 0 spiro atoms. The van der Waals surface area contributed by atoms with Gasteiger partial charge in [0.1, 0.15) is 5.76 Å². The molecule has 2 rings (SSSR count). The van der Waals surface area contributed by atoms with E-state index in [4.69, 9.17) is 4.42 Å². The number of rotatable bonds is 4. The maximum atomic E-state index is 5.31. The van der Waals surface area contributed by atoms with Crippen LogP contribution in [0.15, 0.2) is 35.2 Å². The van der Waals surface area contributed by atoms with Crippen LogP contribution in [-0.2, 0) is 13.6 Å². The van der Waals surface area contributed by atoms with Gasteiger partial charge < -0.3 is 9.73 Å². The molecule has 4 heteroatoms. The number of nitrogens with zero attached hydrogens (tertiary/aromatic N) is 2. The van der Waals surface area contributed by atoms with Crippen molar-refractivity contribution in [3.05, 3.63) is 42.1 Å². The van der Waals surface area contributed by atoms with Crippen LogP contribution in [0, 0.1) is 0 Å². The molecule has 2 aromatic rings. The fourth-order valence-electron chi connectivity index (χ4n) is 1.47. The summed E-state index contributed by atoms with van der Waals surface area (Å²) >= 11 is 0. The molecule has 0 saturated carbocycles. The molecule has 1 N–H and O–H groups in total. The van der Waals surface area contributed by atoms with Crippen molar-refractivity contribution in [3.63, 3.8) is 0 Å². The predicted octanol–water partition coefficient (Wildman–Crippen LogP) is 1.86. The lowest BCUT2D eigenvalue weighted by molar-refractivity contribution is 0.430. The summed E-state index contributed by atoms with van der Waals surface area (Å²) < 4.78 is 7.11. The first-order chi connectivity index (χ1) is 7.25. The lowest BCUT2D eigenvalue weighted by atomic mass is 10.2. The largest absolute Gasteiger partial charge is 0.468 e. The summed E-state index contributed by atoms with van der Waals surface area (Å²) in [5, 5.41) is 7.48. The maximum Gasteiger partial charge on any atom is 0.120 e. The third-order valence-electron chi connectivity index (χ3n) is 2.34. The number of aryl methyl sites for hydroxylation is 1. The van der Waals surface area contributed by atoms with E-state index in [9.17, 15) is 0 Å². The summed E-state index contributed by atoms with van der Waals surface area (Å²) in [5.74, 6) is 0.957. The summed E-state index contributed by atoms with van der Waals surface area (Å²) in [6, 6.07) is 4.10. The Morgan fingerprint density at radius 3 is 3.07 bits per heavy atom.